The number of oxazole rings is 1. The van der Waals surface area contributed by atoms with E-state index in [9.17, 15) is 4.79 Å². The minimum absolute atomic E-state index is 0.0567. The molecule has 22 heavy (non-hydrogen) atoms. The molecular formula is C14H18N4O2S2. The Morgan fingerprint density at radius 2 is 2.05 bits per heavy atom. The first-order chi connectivity index (χ1) is 10.6. The lowest BCUT2D eigenvalue weighted by molar-refractivity contribution is 0.218. The maximum Gasteiger partial charge on any atom is 0.321 e. The van der Waals surface area contributed by atoms with Crippen LogP contribution in [0, 0.1) is 0 Å². The van der Waals surface area contributed by atoms with E-state index in [-0.39, 0.29) is 6.03 Å². The van der Waals surface area contributed by atoms with E-state index in [2.05, 4.69) is 10.3 Å². The Morgan fingerprint density at radius 3 is 2.73 bits per heavy atom. The van der Waals surface area contributed by atoms with E-state index in [1.54, 1.807) is 0 Å². The lowest BCUT2D eigenvalue weighted by Crippen LogP contribution is -2.37. The lowest BCUT2D eigenvalue weighted by Gasteiger charge is -2.20. The molecule has 2 heterocycles. The Balaban J connectivity index is 1.74. The molecule has 0 spiro atoms. The summed E-state index contributed by atoms with van der Waals surface area (Å²) in [5.41, 5.74) is 2.19. The van der Waals surface area contributed by atoms with Gasteiger partial charge in [-0.05, 0) is 18.2 Å². The van der Waals surface area contributed by atoms with Crippen LogP contribution in [0.4, 0.5) is 16.5 Å². The van der Waals surface area contributed by atoms with Crippen molar-refractivity contribution >= 4 is 50.4 Å². The number of fused-ring (bicyclic) bond motifs is 1. The third kappa shape index (κ3) is 3.44. The Hall–Kier alpha value is -1.54. The normalized spacial score (nSPS) is 15.6. The van der Waals surface area contributed by atoms with Crippen LogP contribution in [0.15, 0.2) is 22.6 Å². The minimum Gasteiger partial charge on any atom is -0.423 e. The van der Waals surface area contributed by atoms with Crippen molar-refractivity contribution in [3.8, 4) is 0 Å². The van der Waals surface area contributed by atoms with E-state index in [1.165, 1.54) is 0 Å². The number of hydrogen-bond donors (Lipinski definition) is 1. The summed E-state index contributed by atoms with van der Waals surface area (Å²) >= 11 is 0. The van der Waals surface area contributed by atoms with Crippen LogP contribution in [0.25, 0.3) is 11.1 Å². The van der Waals surface area contributed by atoms with Crippen molar-refractivity contribution in [2.45, 2.75) is 0 Å². The molecule has 3 rings (SSSR count). The number of hydrogen-bond acceptors (Lipinski definition) is 6. The fraction of sp³-hybridized carbons (Fsp3) is 0.429. The number of benzene rings is 1. The molecule has 2 aromatic rings. The second-order valence-electron chi connectivity index (χ2n) is 5.13. The fourth-order valence-corrected chi connectivity index (χ4v) is 4.09. The monoisotopic (exact) mass is 338 g/mol. The SMILES string of the molecule is CN(C)c1nc2cc(NC(=O)N3CCSSCC3)ccc2o1. The summed E-state index contributed by atoms with van der Waals surface area (Å²) in [6.45, 7) is 1.56. The largest absolute Gasteiger partial charge is 0.423 e. The molecule has 1 fully saturated rings. The van der Waals surface area contributed by atoms with Crippen molar-refractivity contribution in [2.75, 3.05) is 48.9 Å². The summed E-state index contributed by atoms with van der Waals surface area (Å²) in [6, 6.07) is 6.01. The van der Waals surface area contributed by atoms with Gasteiger partial charge in [0.05, 0.1) is 0 Å². The standard InChI is InChI=1S/C14H18N4O2S2/c1-17(2)14-16-11-9-10(3-4-12(11)20-14)15-13(19)18-5-7-21-22-8-6-18/h3-4,9H,5-8H2,1-2H3,(H,15,19). The molecule has 1 N–H and O–H groups in total. The van der Waals surface area contributed by atoms with E-state index >= 15 is 0 Å². The Morgan fingerprint density at radius 1 is 1.32 bits per heavy atom. The zero-order chi connectivity index (χ0) is 15.5. The molecule has 2 amide bonds. The molecule has 0 unspecified atom stereocenters. The highest BCUT2D eigenvalue weighted by Crippen LogP contribution is 2.25. The van der Waals surface area contributed by atoms with E-state index in [4.69, 9.17) is 4.42 Å². The van der Waals surface area contributed by atoms with Crippen LogP contribution in [0.1, 0.15) is 0 Å². The molecule has 118 valence electrons. The zero-order valence-corrected chi connectivity index (χ0v) is 14.2. The number of anilines is 2. The second-order valence-corrected chi connectivity index (χ2v) is 7.84. The number of aromatic nitrogens is 1. The van der Waals surface area contributed by atoms with Crippen LogP contribution in [0.5, 0.6) is 0 Å². The van der Waals surface area contributed by atoms with Gasteiger partial charge in [0.15, 0.2) is 5.58 Å². The van der Waals surface area contributed by atoms with Gasteiger partial charge in [-0.3, -0.25) is 0 Å². The Labute approximate surface area is 137 Å². The van der Waals surface area contributed by atoms with Crippen LogP contribution < -0.4 is 10.2 Å². The number of carbonyl (C=O) groups excluding carboxylic acids is 1. The molecule has 1 aliphatic heterocycles. The van der Waals surface area contributed by atoms with Gasteiger partial charge in [-0.25, -0.2) is 4.79 Å². The number of amides is 2. The Kier molecular flexibility index (Phi) is 4.68. The first-order valence-corrected chi connectivity index (χ1v) is 9.50. The summed E-state index contributed by atoms with van der Waals surface area (Å²) in [6.07, 6.45) is 0. The van der Waals surface area contributed by atoms with Crippen LogP contribution in [0.2, 0.25) is 0 Å². The smallest absolute Gasteiger partial charge is 0.321 e. The molecule has 8 heteroatoms. The number of rotatable bonds is 2. The Bertz CT molecular complexity index is 666. The molecule has 0 radical (unpaired) electrons. The average molecular weight is 338 g/mol. The van der Waals surface area contributed by atoms with Gasteiger partial charge in [0.25, 0.3) is 6.01 Å². The van der Waals surface area contributed by atoms with Crippen LogP contribution >= 0.6 is 21.6 Å². The van der Waals surface area contributed by atoms with Gasteiger partial charge in [-0.15, -0.1) is 0 Å². The predicted molar refractivity (Wildman–Crippen MR) is 93.8 cm³/mol. The highest BCUT2D eigenvalue weighted by atomic mass is 33.1. The van der Waals surface area contributed by atoms with Crippen molar-refractivity contribution in [3.05, 3.63) is 18.2 Å². The van der Waals surface area contributed by atoms with E-state index in [1.807, 2.05) is 63.7 Å². The zero-order valence-electron chi connectivity index (χ0n) is 12.5. The summed E-state index contributed by atoms with van der Waals surface area (Å²) in [5.74, 6) is 1.93. The molecule has 1 aliphatic rings. The maximum absolute atomic E-state index is 12.3. The molecule has 6 nitrogen and oxygen atoms in total. The van der Waals surface area contributed by atoms with Gasteiger partial charge < -0.3 is 19.5 Å². The van der Waals surface area contributed by atoms with Crippen molar-refractivity contribution < 1.29 is 9.21 Å². The van der Waals surface area contributed by atoms with Gasteiger partial charge >= 0.3 is 6.03 Å². The molecule has 0 bridgehead atoms. The highest BCUT2D eigenvalue weighted by molar-refractivity contribution is 8.76. The molecular weight excluding hydrogens is 320 g/mol. The molecule has 0 saturated carbocycles. The van der Waals surface area contributed by atoms with Crippen molar-refractivity contribution in [2.24, 2.45) is 0 Å². The van der Waals surface area contributed by atoms with Crippen molar-refractivity contribution in [1.82, 2.24) is 9.88 Å². The number of nitrogens with zero attached hydrogens (tertiary/aromatic N) is 3. The third-order valence-corrected chi connectivity index (χ3v) is 5.63. The lowest BCUT2D eigenvalue weighted by atomic mass is 10.3. The van der Waals surface area contributed by atoms with E-state index < -0.39 is 0 Å². The maximum atomic E-state index is 12.3. The predicted octanol–water partition coefficient (Wildman–Crippen LogP) is 3.12. The number of nitrogens with one attached hydrogen (secondary N) is 1. The average Bonchev–Trinajstić information content (AvgIpc) is 2.73. The highest BCUT2D eigenvalue weighted by Gasteiger charge is 2.16. The van der Waals surface area contributed by atoms with E-state index in [0.717, 1.165) is 35.8 Å². The van der Waals surface area contributed by atoms with Gasteiger partial charge in [-0.1, -0.05) is 21.6 Å². The molecule has 1 saturated heterocycles. The van der Waals surface area contributed by atoms with Gasteiger partial charge in [-0.2, -0.15) is 4.98 Å². The quantitative estimate of drug-likeness (QED) is 0.849. The first kappa shape index (κ1) is 15.4. The summed E-state index contributed by atoms with van der Waals surface area (Å²) in [4.78, 5) is 20.4. The minimum atomic E-state index is -0.0567. The van der Waals surface area contributed by atoms with Crippen LogP contribution in [0.3, 0.4) is 0 Å². The summed E-state index contributed by atoms with van der Waals surface area (Å²) in [5, 5.41) is 2.94. The van der Waals surface area contributed by atoms with Gasteiger partial charge in [0.1, 0.15) is 5.52 Å². The van der Waals surface area contributed by atoms with Crippen LogP contribution in [-0.4, -0.2) is 54.6 Å². The van der Waals surface area contributed by atoms with Gasteiger partial charge in [0.2, 0.25) is 0 Å². The summed E-state index contributed by atoms with van der Waals surface area (Å²) in [7, 11) is 7.39. The van der Waals surface area contributed by atoms with Gasteiger partial charge in [0, 0.05) is 44.4 Å². The van der Waals surface area contributed by atoms with Crippen LogP contribution in [-0.2, 0) is 0 Å². The fourth-order valence-electron chi connectivity index (χ4n) is 2.11. The molecule has 0 aliphatic carbocycles. The number of urea groups is 1. The molecule has 1 aromatic carbocycles. The first-order valence-electron chi connectivity index (χ1n) is 7.02. The topological polar surface area (TPSA) is 61.6 Å². The second kappa shape index (κ2) is 6.70. The van der Waals surface area contributed by atoms with Crippen molar-refractivity contribution in [3.63, 3.8) is 0 Å². The molecule has 1 aromatic heterocycles. The number of carbonyl (C=O) groups is 1. The summed E-state index contributed by atoms with van der Waals surface area (Å²) < 4.78 is 5.61. The van der Waals surface area contributed by atoms with E-state index in [0.29, 0.717) is 11.6 Å². The van der Waals surface area contributed by atoms with Crippen molar-refractivity contribution in [1.29, 1.82) is 0 Å². The third-order valence-electron chi connectivity index (χ3n) is 3.27. The molecule has 0 atom stereocenters.